The summed E-state index contributed by atoms with van der Waals surface area (Å²) in [6.07, 6.45) is 10.2. The zero-order chi connectivity index (χ0) is 16.8. The Morgan fingerprint density at radius 3 is 1.95 bits per heavy atom. The van der Waals surface area contributed by atoms with Crippen LogP contribution in [0, 0.1) is 0 Å². The number of unbranched alkanes of at least 4 members (excludes halogenated alkanes) is 8. The van der Waals surface area contributed by atoms with Gasteiger partial charge in [0.25, 0.3) is 0 Å². The molecule has 4 N–H and O–H groups in total. The van der Waals surface area contributed by atoms with Crippen molar-refractivity contribution in [1.29, 1.82) is 0 Å². The number of nitrogens with one attached hydrogen (secondary N) is 1. The Kier molecular flexibility index (Phi) is 12.4. The lowest BCUT2D eigenvalue weighted by molar-refractivity contribution is -0.140. The second-order valence-corrected chi connectivity index (χ2v) is 5.70. The maximum Gasteiger partial charge on any atom is 0.305 e. The van der Waals surface area contributed by atoms with Crippen molar-refractivity contribution in [1.82, 2.24) is 5.32 Å². The molecule has 0 spiro atoms. The SMILES string of the molecule is CCCCCCCCCCCC(=O)NC(=O)[C@@H](N)CC(=O)O. The van der Waals surface area contributed by atoms with Gasteiger partial charge in [0.1, 0.15) is 0 Å². The van der Waals surface area contributed by atoms with Crippen molar-refractivity contribution in [3.8, 4) is 0 Å². The monoisotopic (exact) mass is 314 g/mol. The van der Waals surface area contributed by atoms with Crippen molar-refractivity contribution in [3.05, 3.63) is 0 Å². The zero-order valence-electron chi connectivity index (χ0n) is 13.6. The third kappa shape index (κ3) is 12.3. The molecule has 0 saturated carbocycles. The average Bonchev–Trinajstić information content (AvgIpc) is 2.44. The Bertz CT molecular complexity index is 345. The number of imide groups is 1. The summed E-state index contributed by atoms with van der Waals surface area (Å²) in [7, 11) is 0. The quantitative estimate of drug-likeness (QED) is 0.452. The van der Waals surface area contributed by atoms with Gasteiger partial charge in [-0.2, -0.15) is 0 Å². The van der Waals surface area contributed by atoms with E-state index in [0.717, 1.165) is 19.3 Å². The third-order valence-corrected chi connectivity index (χ3v) is 3.50. The number of hydrogen-bond acceptors (Lipinski definition) is 4. The number of aliphatic carboxylic acids is 1. The molecule has 2 amide bonds. The van der Waals surface area contributed by atoms with E-state index in [1.54, 1.807) is 0 Å². The molecule has 6 nitrogen and oxygen atoms in total. The molecule has 0 aliphatic carbocycles. The Balaban J connectivity index is 3.53. The van der Waals surface area contributed by atoms with Crippen LogP contribution >= 0.6 is 0 Å². The van der Waals surface area contributed by atoms with Crippen LogP contribution in [0.3, 0.4) is 0 Å². The molecule has 0 aromatic heterocycles. The second kappa shape index (κ2) is 13.2. The summed E-state index contributed by atoms with van der Waals surface area (Å²) in [5, 5.41) is 10.7. The highest BCUT2D eigenvalue weighted by atomic mass is 16.4. The van der Waals surface area contributed by atoms with Gasteiger partial charge in [-0.25, -0.2) is 0 Å². The molecule has 1 atom stereocenters. The molecule has 0 aromatic rings. The number of amides is 2. The minimum Gasteiger partial charge on any atom is -0.481 e. The molecule has 128 valence electrons. The minimum atomic E-state index is -1.18. The van der Waals surface area contributed by atoms with Crippen LogP contribution < -0.4 is 11.1 Å². The van der Waals surface area contributed by atoms with Crippen molar-refractivity contribution < 1.29 is 19.5 Å². The van der Waals surface area contributed by atoms with Crippen LogP contribution in [0.1, 0.15) is 77.6 Å². The van der Waals surface area contributed by atoms with E-state index in [-0.39, 0.29) is 12.3 Å². The van der Waals surface area contributed by atoms with Gasteiger partial charge in [-0.3, -0.25) is 19.7 Å². The van der Waals surface area contributed by atoms with Gasteiger partial charge < -0.3 is 10.8 Å². The van der Waals surface area contributed by atoms with Gasteiger partial charge in [-0.05, 0) is 6.42 Å². The first kappa shape index (κ1) is 20.6. The van der Waals surface area contributed by atoms with Crippen LogP contribution in [-0.2, 0) is 14.4 Å². The van der Waals surface area contributed by atoms with E-state index >= 15 is 0 Å². The van der Waals surface area contributed by atoms with Crippen LogP contribution in [0.15, 0.2) is 0 Å². The van der Waals surface area contributed by atoms with Gasteiger partial charge in [-0.1, -0.05) is 58.3 Å². The first-order valence-electron chi connectivity index (χ1n) is 8.28. The summed E-state index contributed by atoms with van der Waals surface area (Å²) >= 11 is 0. The molecule has 0 saturated heterocycles. The summed E-state index contributed by atoms with van der Waals surface area (Å²) in [5.74, 6) is -2.26. The normalized spacial score (nSPS) is 11.9. The lowest BCUT2D eigenvalue weighted by atomic mass is 10.1. The summed E-state index contributed by atoms with van der Waals surface area (Å²) in [6.45, 7) is 2.20. The Morgan fingerprint density at radius 2 is 1.45 bits per heavy atom. The van der Waals surface area contributed by atoms with Crippen LogP contribution in [0.4, 0.5) is 0 Å². The smallest absolute Gasteiger partial charge is 0.305 e. The number of nitrogens with two attached hydrogens (primary N) is 1. The van der Waals surface area contributed by atoms with Crippen molar-refractivity contribution in [3.63, 3.8) is 0 Å². The molecule has 0 aliphatic rings. The van der Waals surface area contributed by atoms with E-state index < -0.39 is 24.3 Å². The molecule has 0 aliphatic heterocycles. The molecule has 0 rings (SSSR count). The Morgan fingerprint density at radius 1 is 0.955 bits per heavy atom. The summed E-state index contributed by atoms with van der Waals surface area (Å²) in [4.78, 5) is 33.4. The first-order chi connectivity index (χ1) is 10.5. The lowest BCUT2D eigenvalue weighted by Crippen LogP contribution is -2.44. The lowest BCUT2D eigenvalue weighted by Gasteiger charge is -2.09. The molecule has 0 radical (unpaired) electrons. The van der Waals surface area contributed by atoms with E-state index in [1.165, 1.54) is 38.5 Å². The highest BCUT2D eigenvalue weighted by Gasteiger charge is 2.18. The standard InChI is InChI=1S/C16H30N2O4/c1-2-3-4-5-6-7-8-9-10-11-14(19)18-16(22)13(17)12-15(20)21/h13H,2-12,17H2,1H3,(H,20,21)(H,18,19,22)/t13-/m0/s1. The van der Waals surface area contributed by atoms with E-state index in [0.29, 0.717) is 0 Å². The molecular weight excluding hydrogens is 284 g/mol. The first-order valence-corrected chi connectivity index (χ1v) is 8.28. The minimum absolute atomic E-state index is 0.279. The van der Waals surface area contributed by atoms with Crippen LogP contribution in [0.25, 0.3) is 0 Å². The van der Waals surface area contributed by atoms with E-state index in [1.807, 2.05) is 0 Å². The summed E-state index contributed by atoms with van der Waals surface area (Å²) in [6, 6.07) is -1.18. The van der Waals surface area contributed by atoms with Crippen molar-refractivity contribution in [2.75, 3.05) is 0 Å². The van der Waals surface area contributed by atoms with Crippen LogP contribution in [0.5, 0.6) is 0 Å². The van der Waals surface area contributed by atoms with Gasteiger partial charge in [0.2, 0.25) is 11.8 Å². The fourth-order valence-electron chi connectivity index (χ4n) is 2.17. The molecule has 6 heteroatoms. The van der Waals surface area contributed by atoms with Crippen molar-refractivity contribution >= 4 is 17.8 Å². The van der Waals surface area contributed by atoms with Crippen LogP contribution in [0.2, 0.25) is 0 Å². The van der Waals surface area contributed by atoms with E-state index in [4.69, 9.17) is 10.8 Å². The maximum absolute atomic E-state index is 11.5. The highest BCUT2D eigenvalue weighted by Crippen LogP contribution is 2.10. The van der Waals surface area contributed by atoms with Gasteiger partial charge in [0.05, 0.1) is 12.5 Å². The fraction of sp³-hybridized carbons (Fsp3) is 0.812. The summed E-state index contributed by atoms with van der Waals surface area (Å²) in [5.41, 5.74) is 5.37. The Labute approximate surface area is 132 Å². The average molecular weight is 314 g/mol. The number of carboxylic acids is 1. The predicted molar refractivity (Wildman–Crippen MR) is 85.2 cm³/mol. The molecule has 0 bridgehead atoms. The number of hydrogen-bond donors (Lipinski definition) is 3. The molecular formula is C16H30N2O4. The third-order valence-electron chi connectivity index (χ3n) is 3.50. The topological polar surface area (TPSA) is 109 Å². The van der Waals surface area contributed by atoms with E-state index in [9.17, 15) is 14.4 Å². The zero-order valence-corrected chi connectivity index (χ0v) is 13.6. The van der Waals surface area contributed by atoms with E-state index in [2.05, 4.69) is 12.2 Å². The molecule has 0 heterocycles. The van der Waals surface area contributed by atoms with Gasteiger partial charge in [-0.15, -0.1) is 0 Å². The van der Waals surface area contributed by atoms with Gasteiger partial charge in [0.15, 0.2) is 0 Å². The highest BCUT2D eigenvalue weighted by molar-refractivity contribution is 5.98. The molecule has 0 aromatic carbocycles. The predicted octanol–water partition coefficient (Wildman–Crippen LogP) is 2.35. The molecule has 0 fully saturated rings. The molecule has 22 heavy (non-hydrogen) atoms. The van der Waals surface area contributed by atoms with Crippen molar-refractivity contribution in [2.45, 2.75) is 83.6 Å². The van der Waals surface area contributed by atoms with Gasteiger partial charge in [0, 0.05) is 6.42 Å². The number of carboxylic acid groups (broad SMARTS) is 1. The fourth-order valence-corrected chi connectivity index (χ4v) is 2.17. The van der Waals surface area contributed by atoms with Crippen LogP contribution in [-0.4, -0.2) is 28.9 Å². The summed E-state index contributed by atoms with van der Waals surface area (Å²) < 4.78 is 0. The largest absolute Gasteiger partial charge is 0.481 e. The Hall–Kier alpha value is -1.43. The number of rotatable bonds is 13. The molecule has 0 unspecified atom stereocenters. The number of carbonyl (C=O) groups is 3. The number of carbonyl (C=O) groups excluding carboxylic acids is 2. The van der Waals surface area contributed by atoms with Gasteiger partial charge >= 0.3 is 5.97 Å². The second-order valence-electron chi connectivity index (χ2n) is 5.70. The van der Waals surface area contributed by atoms with Crippen molar-refractivity contribution in [2.24, 2.45) is 5.73 Å². The maximum atomic E-state index is 11.5.